The maximum absolute atomic E-state index is 6.72. The second-order valence-corrected chi connectivity index (χ2v) is 12.7. The molecule has 0 amide bonds. The molecule has 2 aromatic rings. The average molecular weight is 383 g/mol. The molecule has 2 nitrogen and oxygen atoms in total. The first kappa shape index (κ1) is 20.3. The third kappa shape index (κ3) is 4.21. The van der Waals surface area contributed by atoms with Crippen molar-refractivity contribution in [2.45, 2.75) is 57.7 Å². The summed E-state index contributed by atoms with van der Waals surface area (Å²) in [6.45, 7) is 11.3. The molecule has 1 aliphatic carbocycles. The Hall–Kier alpha value is -1.42. The highest BCUT2D eigenvalue weighted by Crippen LogP contribution is 2.49. The zero-order valence-electron chi connectivity index (χ0n) is 17.4. The van der Waals surface area contributed by atoms with E-state index in [-0.39, 0.29) is 5.41 Å². The minimum absolute atomic E-state index is 0.196. The van der Waals surface area contributed by atoms with E-state index < -0.39 is 8.32 Å². The Morgan fingerprint density at radius 1 is 0.815 bits per heavy atom. The van der Waals surface area contributed by atoms with Crippen LogP contribution >= 0.6 is 0 Å². The van der Waals surface area contributed by atoms with Crippen molar-refractivity contribution in [2.75, 3.05) is 19.8 Å². The molecule has 0 saturated carbocycles. The van der Waals surface area contributed by atoms with Crippen molar-refractivity contribution in [1.82, 2.24) is 0 Å². The molecule has 0 spiro atoms. The third-order valence-electron chi connectivity index (χ3n) is 5.71. The van der Waals surface area contributed by atoms with Gasteiger partial charge in [0.2, 0.25) is 0 Å². The van der Waals surface area contributed by atoms with Crippen LogP contribution in [0.25, 0.3) is 11.1 Å². The van der Waals surface area contributed by atoms with Crippen LogP contribution in [0.5, 0.6) is 0 Å². The molecule has 0 fully saturated rings. The number of ether oxygens (including phenoxy) is 1. The molecule has 3 rings (SSSR count). The molecular formula is C24H34O2Si. The highest BCUT2D eigenvalue weighted by molar-refractivity contribution is 6.71. The fourth-order valence-electron chi connectivity index (χ4n) is 4.15. The van der Waals surface area contributed by atoms with Crippen LogP contribution < -0.4 is 0 Å². The molecule has 3 heteroatoms. The summed E-state index contributed by atoms with van der Waals surface area (Å²) in [6, 6.07) is 18.8. The van der Waals surface area contributed by atoms with Crippen LogP contribution in [0.4, 0.5) is 0 Å². The van der Waals surface area contributed by atoms with Crippen molar-refractivity contribution in [1.29, 1.82) is 0 Å². The van der Waals surface area contributed by atoms with Crippen LogP contribution in [-0.4, -0.2) is 28.1 Å². The lowest BCUT2D eigenvalue weighted by atomic mass is 9.79. The first-order chi connectivity index (χ1) is 13.0. The Balaban J connectivity index is 1.98. The number of hydrogen-bond acceptors (Lipinski definition) is 2. The quantitative estimate of drug-likeness (QED) is 0.349. The van der Waals surface area contributed by atoms with Crippen LogP contribution in [0.1, 0.15) is 44.2 Å². The topological polar surface area (TPSA) is 18.5 Å². The Bertz CT molecular complexity index is 708. The first-order valence-corrected chi connectivity index (χ1v) is 13.6. The van der Waals surface area contributed by atoms with E-state index in [4.69, 9.17) is 9.16 Å². The maximum atomic E-state index is 6.72. The van der Waals surface area contributed by atoms with Crippen LogP contribution in [0, 0.1) is 0 Å². The number of rotatable bonds is 10. The fraction of sp³-hybridized carbons (Fsp3) is 0.500. The van der Waals surface area contributed by atoms with Gasteiger partial charge in [-0.1, -0.05) is 75.2 Å². The van der Waals surface area contributed by atoms with Crippen molar-refractivity contribution in [2.24, 2.45) is 0 Å². The Labute approximate surface area is 166 Å². The van der Waals surface area contributed by atoms with E-state index in [1.807, 2.05) is 0 Å². The standard InChI is InChI=1S/C24H34O2Si/c1-5-7-17-27(3,4)26-19-24(18-25-16-6-2)22-14-10-8-12-20(22)21-13-9-11-15-23(21)24/h8-15H,5-7,16-19H2,1-4H3. The molecule has 0 aromatic heterocycles. The zero-order valence-corrected chi connectivity index (χ0v) is 18.4. The summed E-state index contributed by atoms with van der Waals surface area (Å²) in [7, 11) is -1.68. The van der Waals surface area contributed by atoms with Gasteiger partial charge in [0.25, 0.3) is 0 Å². The van der Waals surface area contributed by atoms with E-state index in [1.54, 1.807) is 0 Å². The monoisotopic (exact) mass is 382 g/mol. The normalized spacial score (nSPS) is 14.8. The molecular weight excluding hydrogens is 348 g/mol. The molecule has 0 radical (unpaired) electrons. The van der Waals surface area contributed by atoms with Crippen LogP contribution in [0.2, 0.25) is 19.1 Å². The molecule has 0 atom stereocenters. The van der Waals surface area contributed by atoms with Gasteiger partial charge in [-0.3, -0.25) is 0 Å². The first-order valence-electron chi connectivity index (χ1n) is 10.4. The maximum Gasteiger partial charge on any atom is 0.186 e. The summed E-state index contributed by atoms with van der Waals surface area (Å²) in [4.78, 5) is 0. The molecule has 0 aliphatic heterocycles. The highest BCUT2D eigenvalue weighted by atomic mass is 28.4. The predicted octanol–water partition coefficient (Wildman–Crippen LogP) is 6.40. The van der Waals surface area contributed by atoms with Gasteiger partial charge >= 0.3 is 0 Å². The molecule has 0 unspecified atom stereocenters. The molecule has 0 heterocycles. The van der Waals surface area contributed by atoms with Gasteiger partial charge in [0, 0.05) is 13.2 Å². The van der Waals surface area contributed by atoms with Gasteiger partial charge in [0.1, 0.15) is 0 Å². The largest absolute Gasteiger partial charge is 0.416 e. The Morgan fingerprint density at radius 3 is 1.96 bits per heavy atom. The second kappa shape index (κ2) is 8.72. The SMILES string of the molecule is CCCC[Si](C)(C)OCC1(COCCC)c2ccccc2-c2ccccc21. The van der Waals surface area contributed by atoms with Crippen LogP contribution in [-0.2, 0) is 14.6 Å². The average Bonchev–Trinajstić information content (AvgIpc) is 2.96. The Morgan fingerprint density at radius 2 is 1.41 bits per heavy atom. The molecule has 0 bridgehead atoms. The van der Waals surface area contributed by atoms with E-state index in [0.29, 0.717) is 13.2 Å². The van der Waals surface area contributed by atoms with Crippen molar-refractivity contribution >= 4 is 8.32 Å². The molecule has 27 heavy (non-hydrogen) atoms. The summed E-state index contributed by atoms with van der Waals surface area (Å²) < 4.78 is 12.9. The van der Waals surface area contributed by atoms with Crippen LogP contribution in [0.3, 0.4) is 0 Å². The van der Waals surface area contributed by atoms with Crippen molar-refractivity contribution < 1.29 is 9.16 Å². The van der Waals surface area contributed by atoms with E-state index in [9.17, 15) is 0 Å². The van der Waals surface area contributed by atoms with Crippen molar-refractivity contribution in [3.05, 3.63) is 59.7 Å². The number of unbranched alkanes of at least 4 members (excludes halogenated alkanes) is 1. The number of benzene rings is 2. The smallest absolute Gasteiger partial charge is 0.186 e. The summed E-state index contributed by atoms with van der Waals surface area (Å²) in [6.07, 6.45) is 3.53. The van der Waals surface area contributed by atoms with Gasteiger partial charge < -0.3 is 9.16 Å². The van der Waals surface area contributed by atoms with E-state index in [0.717, 1.165) is 13.0 Å². The van der Waals surface area contributed by atoms with Gasteiger partial charge in [-0.05, 0) is 47.8 Å². The van der Waals surface area contributed by atoms with Gasteiger partial charge in [0.15, 0.2) is 8.32 Å². The third-order valence-corrected chi connectivity index (χ3v) is 8.20. The number of hydrogen-bond donors (Lipinski definition) is 0. The minimum atomic E-state index is -1.68. The second-order valence-electron chi connectivity index (χ2n) is 8.38. The molecule has 0 saturated heterocycles. The summed E-state index contributed by atoms with van der Waals surface area (Å²) in [5.74, 6) is 0. The van der Waals surface area contributed by atoms with E-state index in [2.05, 4.69) is 75.5 Å². The lowest BCUT2D eigenvalue weighted by Gasteiger charge is -2.35. The molecule has 1 aliphatic rings. The van der Waals surface area contributed by atoms with E-state index in [1.165, 1.54) is 41.1 Å². The summed E-state index contributed by atoms with van der Waals surface area (Å²) >= 11 is 0. The zero-order chi connectivity index (χ0) is 19.3. The lowest BCUT2D eigenvalue weighted by Crippen LogP contribution is -2.42. The molecule has 2 aromatic carbocycles. The van der Waals surface area contributed by atoms with Crippen molar-refractivity contribution in [3.63, 3.8) is 0 Å². The lowest BCUT2D eigenvalue weighted by molar-refractivity contribution is 0.0739. The summed E-state index contributed by atoms with van der Waals surface area (Å²) in [5, 5.41) is 0. The fourth-order valence-corrected chi connectivity index (χ4v) is 6.14. The van der Waals surface area contributed by atoms with Gasteiger partial charge in [0.05, 0.1) is 12.0 Å². The summed E-state index contributed by atoms with van der Waals surface area (Å²) in [5.41, 5.74) is 5.21. The van der Waals surface area contributed by atoms with Gasteiger partial charge in [-0.2, -0.15) is 0 Å². The number of fused-ring (bicyclic) bond motifs is 3. The molecule has 0 N–H and O–H groups in total. The van der Waals surface area contributed by atoms with Crippen molar-refractivity contribution in [3.8, 4) is 11.1 Å². The van der Waals surface area contributed by atoms with Crippen LogP contribution in [0.15, 0.2) is 48.5 Å². The van der Waals surface area contributed by atoms with E-state index >= 15 is 0 Å². The highest BCUT2D eigenvalue weighted by Gasteiger charge is 2.44. The minimum Gasteiger partial charge on any atom is -0.416 e. The molecule has 146 valence electrons. The Kier molecular flexibility index (Phi) is 6.56. The van der Waals surface area contributed by atoms with Gasteiger partial charge in [-0.25, -0.2) is 0 Å². The van der Waals surface area contributed by atoms with Gasteiger partial charge in [-0.15, -0.1) is 0 Å². The predicted molar refractivity (Wildman–Crippen MR) is 117 cm³/mol.